The number of para-hydroxylation sites is 1. The zero-order valence-electron chi connectivity index (χ0n) is 19.6. The molecule has 0 fully saturated rings. The van der Waals surface area contributed by atoms with Crippen LogP contribution in [0.25, 0.3) is 22.4 Å². The number of fused-ring (bicyclic) bond motifs is 1. The molecule has 0 saturated carbocycles. The number of esters is 1. The highest BCUT2D eigenvalue weighted by atomic mass is 32.1. The molecule has 0 aliphatic heterocycles. The predicted molar refractivity (Wildman–Crippen MR) is 137 cm³/mol. The number of pyridine rings is 1. The molecule has 0 aliphatic rings. The Morgan fingerprint density at radius 1 is 1.03 bits per heavy atom. The van der Waals surface area contributed by atoms with Crippen LogP contribution in [0.1, 0.15) is 32.3 Å². The number of amides is 1. The normalized spacial score (nSPS) is 10.9. The first-order chi connectivity index (χ1) is 17.5. The fraction of sp³-hybridized carbons (Fsp3) is 0.148. The average molecular weight is 499 g/mol. The van der Waals surface area contributed by atoms with Gasteiger partial charge in [-0.05, 0) is 31.5 Å². The van der Waals surface area contributed by atoms with Crippen LogP contribution in [0.15, 0.2) is 70.6 Å². The molecule has 0 saturated heterocycles. The molecule has 0 atom stereocenters. The first-order valence-electron chi connectivity index (χ1n) is 11.3. The molecule has 2 aromatic carbocycles. The third-order valence-corrected chi connectivity index (χ3v) is 6.49. The van der Waals surface area contributed by atoms with E-state index in [1.807, 2.05) is 61.5 Å². The third kappa shape index (κ3) is 5.01. The summed E-state index contributed by atoms with van der Waals surface area (Å²) in [4.78, 5) is 34.5. The summed E-state index contributed by atoms with van der Waals surface area (Å²) in [7, 11) is 0. The van der Waals surface area contributed by atoms with Gasteiger partial charge in [0.05, 0.1) is 34.5 Å². The number of carbonyl (C=O) groups is 2. The van der Waals surface area contributed by atoms with Crippen LogP contribution in [0.4, 0.5) is 5.69 Å². The zero-order valence-corrected chi connectivity index (χ0v) is 20.5. The number of hydrogen-bond donors (Lipinski definition) is 1. The molecule has 36 heavy (non-hydrogen) atoms. The fourth-order valence-electron chi connectivity index (χ4n) is 3.77. The zero-order chi connectivity index (χ0) is 25.1. The van der Waals surface area contributed by atoms with E-state index in [4.69, 9.17) is 9.26 Å². The van der Waals surface area contributed by atoms with Crippen molar-refractivity contribution in [3.63, 3.8) is 0 Å². The second-order valence-corrected chi connectivity index (χ2v) is 9.16. The molecule has 0 radical (unpaired) electrons. The van der Waals surface area contributed by atoms with E-state index in [0.717, 1.165) is 16.8 Å². The largest absolute Gasteiger partial charge is 0.456 e. The van der Waals surface area contributed by atoms with Gasteiger partial charge in [-0.1, -0.05) is 53.7 Å². The summed E-state index contributed by atoms with van der Waals surface area (Å²) >= 11 is 1.35. The summed E-state index contributed by atoms with van der Waals surface area (Å²) in [6, 6.07) is 18.8. The second-order valence-electron chi connectivity index (χ2n) is 8.22. The molecule has 0 bridgehead atoms. The maximum atomic E-state index is 13.1. The molecule has 1 N–H and O–H groups in total. The first-order valence-corrected chi connectivity index (χ1v) is 12.1. The van der Waals surface area contributed by atoms with Crippen molar-refractivity contribution in [3.8, 4) is 11.3 Å². The van der Waals surface area contributed by atoms with Gasteiger partial charge in [0.25, 0.3) is 5.71 Å². The maximum absolute atomic E-state index is 13.1. The van der Waals surface area contributed by atoms with Gasteiger partial charge < -0.3 is 14.6 Å². The van der Waals surface area contributed by atoms with Crippen molar-refractivity contribution in [1.29, 1.82) is 0 Å². The number of carbonyl (C=O) groups excluding carboxylic acids is 2. The van der Waals surface area contributed by atoms with Crippen molar-refractivity contribution in [2.24, 2.45) is 0 Å². The van der Waals surface area contributed by atoms with Crippen LogP contribution in [0, 0.1) is 13.8 Å². The van der Waals surface area contributed by atoms with E-state index in [9.17, 15) is 9.59 Å². The van der Waals surface area contributed by atoms with Crippen molar-refractivity contribution < 1.29 is 18.8 Å². The van der Waals surface area contributed by atoms with Crippen LogP contribution in [0.5, 0.6) is 0 Å². The number of rotatable bonds is 7. The van der Waals surface area contributed by atoms with Gasteiger partial charge in [-0.25, -0.2) is 14.8 Å². The lowest BCUT2D eigenvalue weighted by molar-refractivity contribution is -0.115. The molecule has 1 amide bonds. The lowest BCUT2D eigenvalue weighted by atomic mass is 10.1. The van der Waals surface area contributed by atoms with E-state index in [0.29, 0.717) is 33.0 Å². The Labute approximate surface area is 211 Å². The maximum Gasteiger partial charge on any atom is 0.339 e. The van der Waals surface area contributed by atoms with Gasteiger partial charge in [-0.15, -0.1) is 11.3 Å². The Morgan fingerprint density at radius 3 is 2.61 bits per heavy atom. The number of aryl methyl sites for hydroxylation is 2. The lowest BCUT2D eigenvalue weighted by Gasteiger charge is -2.07. The van der Waals surface area contributed by atoms with Gasteiger partial charge in [0.2, 0.25) is 5.91 Å². The molecule has 5 aromatic rings. The summed E-state index contributed by atoms with van der Waals surface area (Å²) in [6.07, 6.45) is 0.137. The second kappa shape index (κ2) is 10.1. The van der Waals surface area contributed by atoms with Crippen LogP contribution < -0.4 is 5.32 Å². The molecular weight excluding hydrogens is 476 g/mol. The number of aromatic nitrogens is 3. The number of anilines is 1. The molecule has 5 rings (SSSR count). The summed E-state index contributed by atoms with van der Waals surface area (Å²) < 4.78 is 10.9. The van der Waals surface area contributed by atoms with E-state index >= 15 is 0 Å². The van der Waals surface area contributed by atoms with Crippen molar-refractivity contribution in [2.45, 2.75) is 26.9 Å². The molecule has 3 heterocycles. The van der Waals surface area contributed by atoms with E-state index in [1.165, 1.54) is 11.3 Å². The quantitative estimate of drug-likeness (QED) is 0.295. The molecule has 8 nitrogen and oxygen atoms in total. The van der Waals surface area contributed by atoms with E-state index in [2.05, 4.69) is 20.4 Å². The van der Waals surface area contributed by atoms with Gasteiger partial charge >= 0.3 is 5.97 Å². The van der Waals surface area contributed by atoms with Gasteiger partial charge in [0.1, 0.15) is 11.6 Å². The summed E-state index contributed by atoms with van der Waals surface area (Å²) in [5, 5.41) is 9.81. The monoisotopic (exact) mass is 498 g/mol. The minimum Gasteiger partial charge on any atom is -0.456 e. The van der Waals surface area contributed by atoms with Gasteiger partial charge in [0, 0.05) is 16.6 Å². The standard InChI is InChI=1S/C27H22N4O4S/c1-16-8-6-7-11-21(16)29-23(32)13-24-28-19(15-36-24)14-34-27(33)20-12-22(18-9-4-3-5-10-18)30-26-25(20)17(2)31-35-26/h3-12,15H,13-14H2,1-2H3,(H,29,32). The van der Waals surface area contributed by atoms with Crippen molar-refractivity contribution >= 4 is 40.0 Å². The van der Waals surface area contributed by atoms with Crippen LogP contribution in [-0.4, -0.2) is 27.0 Å². The molecule has 0 unspecified atom stereocenters. The Balaban J connectivity index is 1.28. The molecule has 9 heteroatoms. The summed E-state index contributed by atoms with van der Waals surface area (Å²) in [5.74, 6) is -0.685. The third-order valence-electron chi connectivity index (χ3n) is 5.59. The Morgan fingerprint density at radius 2 is 1.81 bits per heavy atom. The van der Waals surface area contributed by atoms with Crippen molar-refractivity contribution in [2.75, 3.05) is 5.32 Å². The first kappa shape index (κ1) is 23.4. The highest BCUT2D eigenvalue weighted by Gasteiger charge is 2.21. The molecule has 0 spiro atoms. The number of ether oxygens (including phenoxy) is 1. The Kier molecular flexibility index (Phi) is 6.55. The van der Waals surface area contributed by atoms with E-state index < -0.39 is 5.97 Å². The van der Waals surface area contributed by atoms with E-state index in [1.54, 1.807) is 18.4 Å². The smallest absolute Gasteiger partial charge is 0.339 e. The summed E-state index contributed by atoms with van der Waals surface area (Å²) in [5.41, 5.74) is 4.92. The van der Waals surface area contributed by atoms with Crippen LogP contribution in [0.2, 0.25) is 0 Å². The molecule has 180 valence electrons. The topological polar surface area (TPSA) is 107 Å². The number of thiazole rings is 1. The van der Waals surface area contributed by atoms with Crippen molar-refractivity contribution in [3.05, 3.63) is 93.6 Å². The molecule has 0 aliphatic carbocycles. The SMILES string of the molecule is Cc1ccccc1NC(=O)Cc1nc(COC(=O)c2cc(-c3ccccc3)nc3onc(C)c23)cs1. The Hall–Kier alpha value is -4.37. The number of hydrogen-bond acceptors (Lipinski definition) is 8. The van der Waals surface area contributed by atoms with Crippen molar-refractivity contribution in [1.82, 2.24) is 15.1 Å². The number of nitrogens with one attached hydrogen (secondary N) is 1. The minimum absolute atomic E-state index is 0.0242. The lowest BCUT2D eigenvalue weighted by Crippen LogP contribution is -2.15. The fourth-order valence-corrected chi connectivity index (χ4v) is 4.55. The van der Waals surface area contributed by atoms with Gasteiger partial charge in [-0.3, -0.25) is 4.79 Å². The predicted octanol–water partition coefficient (Wildman–Crippen LogP) is 5.50. The van der Waals surface area contributed by atoms with Crippen LogP contribution >= 0.6 is 11.3 Å². The van der Waals surface area contributed by atoms with E-state index in [-0.39, 0.29) is 24.6 Å². The summed E-state index contributed by atoms with van der Waals surface area (Å²) in [6.45, 7) is 3.66. The van der Waals surface area contributed by atoms with Gasteiger partial charge in [-0.2, -0.15) is 0 Å². The highest BCUT2D eigenvalue weighted by Crippen LogP contribution is 2.28. The molecule has 3 aromatic heterocycles. The Bertz CT molecular complexity index is 1560. The number of nitrogens with zero attached hydrogens (tertiary/aromatic N) is 3. The van der Waals surface area contributed by atoms with Gasteiger partial charge in [0.15, 0.2) is 0 Å². The highest BCUT2D eigenvalue weighted by molar-refractivity contribution is 7.09. The van der Waals surface area contributed by atoms with Crippen LogP contribution in [0.3, 0.4) is 0 Å². The minimum atomic E-state index is -0.530. The average Bonchev–Trinajstić information content (AvgIpc) is 3.50. The van der Waals surface area contributed by atoms with Crippen LogP contribution in [-0.2, 0) is 22.6 Å². The number of benzene rings is 2. The molecular formula is C27H22N4O4S.